The van der Waals surface area contributed by atoms with E-state index in [1.807, 2.05) is 13.8 Å². The van der Waals surface area contributed by atoms with Crippen LogP contribution in [0.25, 0.3) is 11.0 Å². The fourth-order valence-electron chi connectivity index (χ4n) is 2.01. The van der Waals surface area contributed by atoms with E-state index in [4.69, 9.17) is 9.15 Å². The summed E-state index contributed by atoms with van der Waals surface area (Å²) in [5.41, 5.74) is 1.47. The molecule has 0 aliphatic carbocycles. The lowest BCUT2D eigenvalue weighted by atomic mass is 9.83. The number of aryl methyl sites for hydroxylation is 1. The Morgan fingerprint density at radius 2 is 2.00 bits per heavy atom. The molecule has 0 spiro atoms. The summed E-state index contributed by atoms with van der Waals surface area (Å²) in [5.74, 6) is 0.241. The zero-order valence-corrected chi connectivity index (χ0v) is 14.2. The lowest BCUT2D eigenvalue weighted by molar-refractivity contribution is 0.108. The summed E-state index contributed by atoms with van der Waals surface area (Å²) in [6.45, 7) is 10.5. The Kier molecular flexibility index (Phi) is 4.78. The van der Waals surface area contributed by atoms with Gasteiger partial charge in [0, 0.05) is 23.2 Å². The lowest BCUT2D eigenvalue weighted by Gasteiger charge is -2.26. The highest BCUT2D eigenvalue weighted by Gasteiger charge is 2.21. The third-order valence-corrected chi connectivity index (χ3v) is 4.14. The highest BCUT2D eigenvalue weighted by atomic mass is 16.5. The molecular weight excluding hydrogens is 294 g/mol. The molecule has 1 heterocycles. The molecule has 1 aromatic carbocycles. The van der Waals surface area contributed by atoms with Gasteiger partial charge in [-0.1, -0.05) is 27.7 Å². The summed E-state index contributed by atoms with van der Waals surface area (Å²) in [6.07, 6.45) is -0.518. The summed E-state index contributed by atoms with van der Waals surface area (Å²) in [5, 5.41) is 3.49. The van der Waals surface area contributed by atoms with E-state index >= 15 is 0 Å². The molecule has 0 unspecified atom stereocenters. The van der Waals surface area contributed by atoms with E-state index in [-0.39, 0.29) is 11.3 Å². The van der Waals surface area contributed by atoms with Gasteiger partial charge < -0.3 is 9.15 Å². The lowest BCUT2D eigenvalue weighted by Crippen LogP contribution is -2.25. The molecule has 124 valence electrons. The Bertz CT molecular complexity index is 771. The van der Waals surface area contributed by atoms with Crippen molar-refractivity contribution < 1.29 is 13.9 Å². The van der Waals surface area contributed by atoms with E-state index in [2.05, 4.69) is 26.1 Å². The van der Waals surface area contributed by atoms with Crippen molar-refractivity contribution in [3.63, 3.8) is 0 Å². The maximum absolute atomic E-state index is 11.9. The first-order valence-electron chi connectivity index (χ1n) is 7.65. The number of amides is 1. The van der Waals surface area contributed by atoms with Gasteiger partial charge in [0.15, 0.2) is 0 Å². The number of fused-ring (bicyclic) bond motifs is 1. The minimum absolute atomic E-state index is 0.0736. The molecule has 0 radical (unpaired) electrons. The van der Waals surface area contributed by atoms with Gasteiger partial charge in [-0.2, -0.15) is 0 Å². The highest BCUT2D eigenvalue weighted by Crippen LogP contribution is 2.25. The molecule has 1 N–H and O–H groups in total. The van der Waals surface area contributed by atoms with E-state index in [0.29, 0.717) is 17.9 Å². The maximum atomic E-state index is 11.9. The van der Waals surface area contributed by atoms with E-state index in [1.54, 1.807) is 18.2 Å². The standard InChI is InChI=1S/C18H23NO4/c1-11-8-16(20)23-15-9-13(6-7-14(11)15)19-17(21)22-10-12(2)18(3,4)5/h6-9,12H,10H2,1-5H3,(H,19,21)/t12-/m1/s1. The third-order valence-electron chi connectivity index (χ3n) is 4.14. The molecule has 1 atom stereocenters. The molecule has 0 fully saturated rings. The molecule has 0 aliphatic heterocycles. The Hall–Kier alpha value is -2.30. The Balaban J connectivity index is 2.07. The normalized spacial score (nSPS) is 12.9. The van der Waals surface area contributed by atoms with Crippen molar-refractivity contribution in [2.24, 2.45) is 11.3 Å². The van der Waals surface area contributed by atoms with Gasteiger partial charge in [0.2, 0.25) is 0 Å². The number of ether oxygens (including phenoxy) is 1. The molecule has 5 nitrogen and oxygen atoms in total. The summed E-state index contributed by atoms with van der Waals surface area (Å²) < 4.78 is 10.4. The number of hydrogen-bond acceptors (Lipinski definition) is 4. The van der Waals surface area contributed by atoms with Crippen LogP contribution in [-0.2, 0) is 4.74 Å². The second-order valence-electron chi connectivity index (χ2n) is 6.95. The number of carbonyl (C=O) groups is 1. The van der Waals surface area contributed by atoms with Crippen molar-refractivity contribution in [2.75, 3.05) is 11.9 Å². The summed E-state index contributed by atoms with van der Waals surface area (Å²) in [7, 11) is 0. The molecule has 5 heteroatoms. The topological polar surface area (TPSA) is 68.5 Å². The predicted octanol–water partition coefficient (Wildman–Crippen LogP) is 4.33. The maximum Gasteiger partial charge on any atom is 0.411 e. The van der Waals surface area contributed by atoms with Crippen molar-refractivity contribution in [2.45, 2.75) is 34.6 Å². The van der Waals surface area contributed by atoms with Crippen LogP contribution in [0.2, 0.25) is 0 Å². The third kappa shape index (κ3) is 4.34. The minimum Gasteiger partial charge on any atom is -0.449 e. The van der Waals surface area contributed by atoms with Crippen LogP contribution in [0, 0.1) is 18.3 Å². The first kappa shape index (κ1) is 17.1. The molecule has 0 bridgehead atoms. The Morgan fingerprint density at radius 3 is 2.65 bits per heavy atom. The molecule has 2 aromatic rings. The second kappa shape index (κ2) is 6.44. The van der Waals surface area contributed by atoms with Crippen LogP contribution in [0.3, 0.4) is 0 Å². The van der Waals surface area contributed by atoms with E-state index in [0.717, 1.165) is 10.9 Å². The van der Waals surface area contributed by atoms with Gasteiger partial charge >= 0.3 is 11.7 Å². The largest absolute Gasteiger partial charge is 0.449 e. The quantitative estimate of drug-likeness (QED) is 0.855. The van der Waals surface area contributed by atoms with Gasteiger partial charge in [0.05, 0.1) is 6.61 Å². The predicted molar refractivity (Wildman–Crippen MR) is 90.8 cm³/mol. The fraction of sp³-hybridized carbons (Fsp3) is 0.444. The summed E-state index contributed by atoms with van der Waals surface area (Å²) in [6, 6.07) is 6.63. The van der Waals surface area contributed by atoms with E-state index < -0.39 is 11.7 Å². The number of nitrogens with one attached hydrogen (secondary N) is 1. The Labute approximate surface area is 135 Å². The molecule has 23 heavy (non-hydrogen) atoms. The fourth-order valence-corrected chi connectivity index (χ4v) is 2.01. The van der Waals surface area contributed by atoms with Crippen LogP contribution in [0.1, 0.15) is 33.3 Å². The molecule has 0 saturated heterocycles. The van der Waals surface area contributed by atoms with Gasteiger partial charge in [-0.3, -0.25) is 5.32 Å². The minimum atomic E-state index is -0.518. The number of carbonyl (C=O) groups excluding carboxylic acids is 1. The van der Waals surface area contributed by atoms with Crippen LogP contribution in [0.5, 0.6) is 0 Å². The summed E-state index contributed by atoms with van der Waals surface area (Å²) in [4.78, 5) is 23.3. The van der Waals surface area contributed by atoms with Crippen molar-refractivity contribution in [1.82, 2.24) is 0 Å². The van der Waals surface area contributed by atoms with Crippen molar-refractivity contribution in [3.05, 3.63) is 40.2 Å². The van der Waals surface area contributed by atoms with Gasteiger partial charge in [0.1, 0.15) is 5.58 Å². The molecule has 1 aromatic heterocycles. The van der Waals surface area contributed by atoms with Crippen LogP contribution in [-0.4, -0.2) is 12.7 Å². The number of anilines is 1. The van der Waals surface area contributed by atoms with Crippen LogP contribution in [0.4, 0.5) is 10.5 Å². The highest BCUT2D eigenvalue weighted by molar-refractivity contribution is 5.89. The van der Waals surface area contributed by atoms with Crippen molar-refractivity contribution in [1.29, 1.82) is 0 Å². The number of hydrogen-bond donors (Lipinski definition) is 1. The van der Waals surface area contributed by atoms with Gasteiger partial charge in [0.25, 0.3) is 0 Å². The number of rotatable bonds is 3. The zero-order chi connectivity index (χ0) is 17.2. The molecular formula is C18H23NO4. The molecule has 0 saturated carbocycles. The SMILES string of the molecule is Cc1cc(=O)oc2cc(NC(=O)OC[C@@H](C)C(C)(C)C)ccc12. The van der Waals surface area contributed by atoms with Crippen LogP contribution >= 0.6 is 0 Å². The first-order chi connectivity index (χ1) is 10.7. The van der Waals surface area contributed by atoms with Crippen LogP contribution < -0.4 is 10.9 Å². The van der Waals surface area contributed by atoms with Crippen molar-refractivity contribution >= 4 is 22.7 Å². The van der Waals surface area contributed by atoms with Gasteiger partial charge in [-0.05, 0) is 36.0 Å². The molecule has 2 rings (SSSR count). The average molecular weight is 317 g/mol. The van der Waals surface area contributed by atoms with Crippen molar-refractivity contribution in [3.8, 4) is 0 Å². The van der Waals surface area contributed by atoms with E-state index in [9.17, 15) is 9.59 Å². The molecule has 0 aliphatic rings. The Morgan fingerprint density at radius 1 is 1.30 bits per heavy atom. The summed E-state index contributed by atoms with van der Waals surface area (Å²) >= 11 is 0. The van der Waals surface area contributed by atoms with Gasteiger partial charge in [-0.25, -0.2) is 9.59 Å². The second-order valence-corrected chi connectivity index (χ2v) is 6.95. The van der Waals surface area contributed by atoms with E-state index in [1.165, 1.54) is 6.07 Å². The number of benzene rings is 1. The molecule has 1 amide bonds. The monoisotopic (exact) mass is 317 g/mol. The zero-order valence-electron chi connectivity index (χ0n) is 14.2. The van der Waals surface area contributed by atoms with Crippen LogP contribution in [0.15, 0.2) is 33.5 Å². The first-order valence-corrected chi connectivity index (χ1v) is 7.65. The average Bonchev–Trinajstić information content (AvgIpc) is 2.43. The smallest absolute Gasteiger partial charge is 0.411 e. The van der Waals surface area contributed by atoms with Gasteiger partial charge in [-0.15, -0.1) is 0 Å².